The third-order valence-electron chi connectivity index (χ3n) is 6.39. The van der Waals surface area contributed by atoms with Crippen molar-refractivity contribution in [2.24, 2.45) is 0 Å². The van der Waals surface area contributed by atoms with Crippen molar-refractivity contribution in [2.75, 3.05) is 45.2 Å². The zero-order valence-electron chi connectivity index (χ0n) is 20.7. The van der Waals surface area contributed by atoms with Crippen LogP contribution < -0.4 is 10.1 Å². The number of nitrogens with one attached hydrogen (secondary N) is 1. The molecular weight excluding hydrogens is 466 g/mol. The standard InChI is InChI=1S/C29H29N5O3/c1-37-25-14-8-9-22(19-25)28-26(20-34(31-28)24-12-6-3-7-13-24)29(36)33-17-15-32(16-18-33)21-27(35)30-23-10-4-2-5-11-23/h2-14,19-20H,15-18,21H2,1H3,(H,30,35). The number of rotatable bonds is 7. The molecule has 1 aliphatic rings. The van der Waals surface area contributed by atoms with Crippen LogP contribution in [0.2, 0.25) is 0 Å². The molecule has 2 amide bonds. The molecule has 1 fully saturated rings. The summed E-state index contributed by atoms with van der Waals surface area (Å²) in [5.74, 6) is 0.566. The lowest BCUT2D eigenvalue weighted by Gasteiger charge is -2.34. The van der Waals surface area contributed by atoms with Gasteiger partial charge in [-0.2, -0.15) is 5.10 Å². The minimum atomic E-state index is -0.0756. The first-order valence-corrected chi connectivity index (χ1v) is 12.3. The first-order valence-electron chi connectivity index (χ1n) is 12.3. The van der Waals surface area contributed by atoms with Crippen molar-refractivity contribution >= 4 is 17.5 Å². The lowest BCUT2D eigenvalue weighted by molar-refractivity contribution is -0.117. The molecule has 0 atom stereocenters. The minimum Gasteiger partial charge on any atom is -0.497 e. The van der Waals surface area contributed by atoms with Crippen molar-refractivity contribution in [3.05, 3.63) is 96.7 Å². The van der Waals surface area contributed by atoms with Gasteiger partial charge in [-0.25, -0.2) is 4.68 Å². The summed E-state index contributed by atoms with van der Waals surface area (Å²) < 4.78 is 7.14. The van der Waals surface area contributed by atoms with Gasteiger partial charge < -0.3 is 15.0 Å². The van der Waals surface area contributed by atoms with E-state index in [1.54, 1.807) is 18.0 Å². The summed E-state index contributed by atoms with van der Waals surface area (Å²) in [5.41, 5.74) is 3.61. The summed E-state index contributed by atoms with van der Waals surface area (Å²) in [6.45, 7) is 2.60. The molecule has 37 heavy (non-hydrogen) atoms. The number of methoxy groups -OCH3 is 1. The minimum absolute atomic E-state index is 0.0598. The number of benzene rings is 3. The Labute approximate surface area is 216 Å². The monoisotopic (exact) mass is 495 g/mol. The molecule has 1 aliphatic heterocycles. The van der Waals surface area contributed by atoms with Crippen LogP contribution in [0, 0.1) is 0 Å². The van der Waals surface area contributed by atoms with Crippen LogP contribution >= 0.6 is 0 Å². The normalized spacial score (nSPS) is 13.8. The molecular formula is C29H29N5O3. The topological polar surface area (TPSA) is 79.7 Å². The predicted octanol–water partition coefficient (Wildman–Crippen LogP) is 3.94. The fourth-order valence-electron chi connectivity index (χ4n) is 4.43. The molecule has 0 saturated carbocycles. The zero-order valence-corrected chi connectivity index (χ0v) is 20.7. The highest BCUT2D eigenvalue weighted by Crippen LogP contribution is 2.28. The maximum atomic E-state index is 13.7. The van der Waals surface area contributed by atoms with Gasteiger partial charge in [-0.3, -0.25) is 14.5 Å². The van der Waals surface area contributed by atoms with Gasteiger partial charge in [-0.05, 0) is 36.4 Å². The molecule has 0 radical (unpaired) electrons. The molecule has 0 unspecified atom stereocenters. The Morgan fingerprint density at radius 1 is 0.892 bits per heavy atom. The van der Waals surface area contributed by atoms with Gasteiger partial charge in [0.15, 0.2) is 0 Å². The van der Waals surface area contributed by atoms with E-state index in [9.17, 15) is 9.59 Å². The molecule has 8 nitrogen and oxygen atoms in total. The quantitative estimate of drug-likeness (QED) is 0.420. The van der Waals surface area contributed by atoms with Gasteiger partial charge in [0.25, 0.3) is 5.91 Å². The molecule has 2 heterocycles. The third-order valence-corrected chi connectivity index (χ3v) is 6.39. The van der Waals surface area contributed by atoms with E-state index in [-0.39, 0.29) is 18.4 Å². The maximum Gasteiger partial charge on any atom is 0.257 e. The highest BCUT2D eigenvalue weighted by atomic mass is 16.5. The van der Waals surface area contributed by atoms with Crippen molar-refractivity contribution in [1.82, 2.24) is 19.6 Å². The van der Waals surface area contributed by atoms with Crippen LogP contribution in [0.5, 0.6) is 5.75 Å². The van der Waals surface area contributed by atoms with Crippen LogP contribution in [0.15, 0.2) is 91.1 Å². The largest absolute Gasteiger partial charge is 0.497 e. The smallest absolute Gasteiger partial charge is 0.257 e. The Morgan fingerprint density at radius 3 is 2.30 bits per heavy atom. The van der Waals surface area contributed by atoms with Gasteiger partial charge in [-0.15, -0.1) is 0 Å². The van der Waals surface area contributed by atoms with E-state index in [1.165, 1.54) is 0 Å². The number of carbonyl (C=O) groups is 2. The highest BCUT2D eigenvalue weighted by molar-refractivity contribution is 6.00. The second-order valence-corrected chi connectivity index (χ2v) is 8.89. The van der Waals surface area contributed by atoms with Crippen molar-refractivity contribution in [3.8, 4) is 22.7 Å². The van der Waals surface area contributed by atoms with Crippen molar-refractivity contribution in [3.63, 3.8) is 0 Å². The van der Waals surface area contributed by atoms with E-state index in [1.807, 2.05) is 89.8 Å². The summed E-state index contributed by atoms with van der Waals surface area (Å²) in [7, 11) is 1.62. The third kappa shape index (κ3) is 5.70. The van der Waals surface area contributed by atoms with E-state index in [4.69, 9.17) is 9.84 Å². The molecule has 0 bridgehead atoms. The van der Waals surface area contributed by atoms with E-state index in [0.717, 1.165) is 16.9 Å². The Kier molecular flexibility index (Phi) is 7.28. The van der Waals surface area contributed by atoms with E-state index >= 15 is 0 Å². The predicted molar refractivity (Wildman–Crippen MR) is 143 cm³/mol. The van der Waals surface area contributed by atoms with Gasteiger partial charge in [-0.1, -0.05) is 48.5 Å². The number of aromatic nitrogens is 2. The number of anilines is 1. The fourth-order valence-corrected chi connectivity index (χ4v) is 4.43. The molecule has 4 aromatic rings. The van der Waals surface area contributed by atoms with E-state index in [2.05, 4.69) is 10.2 Å². The van der Waals surface area contributed by atoms with Crippen molar-refractivity contribution < 1.29 is 14.3 Å². The molecule has 8 heteroatoms. The maximum absolute atomic E-state index is 13.7. The first-order chi connectivity index (χ1) is 18.1. The number of piperazine rings is 1. The van der Waals surface area contributed by atoms with Crippen molar-refractivity contribution in [2.45, 2.75) is 0 Å². The summed E-state index contributed by atoms with van der Waals surface area (Å²) in [5, 5.41) is 7.71. The average Bonchev–Trinajstić information content (AvgIpc) is 3.40. The lowest BCUT2D eigenvalue weighted by atomic mass is 10.1. The Bertz CT molecular complexity index is 1360. The molecule has 0 aliphatic carbocycles. The fraction of sp³-hybridized carbons (Fsp3) is 0.207. The molecule has 0 spiro atoms. The molecule has 188 valence electrons. The molecule has 1 N–H and O–H groups in total. The molecule has 3 aromatic carbocycles. The van der Waals surface area contributed by atoms with Crippen LogP contribution in [-0.4, -0.2) is 71.2 Å². The lowest BCUT2D eigenvalue weighted by Crippen LogP contribution is -2.50. The number of ether oxygens (including phenoxy) is 1. The Hall–Kier alpha value is -4.43. The summed E-state index contributed by atoms with van der Waals surface area (Å²) in [6.07, 6.45) is 1.80. The van der Waals surface area contributed by atoms with Crippen LogP contribution in [0.1, 0.15) is 10.4 Å². The second-order valence-electron chi connectivity index (χ2n) is 8.89. The SMILES string of the molecule is COc1cccc(-c2nn(-c3ccccc3)cc2C(=O)N2CCN(CC(=O)Nc3ccccc3)CC2)c1. The highest BCUT2D eigenvalue weighted by Gasteiger charge is 2.27. The van der Waals surface area contributed by atoms with Crippen LogP contribution in [0.4, 0.5) is 5.69 Å². The second kappa shape index (κ2) is 11.1. The number of hydrogen-bond acceptors (Lipinski definition) is 5. The van der Waals surface area contributed by atoms with Gasteiger partial charge >= 0.3 is 0 Å². The van der Waals surface area contributed by atoms with Crippen LogP contribution in [0.25, 0.3) is 16.9 Å². The Balaban J connectivity index is 1.31. The van der Waals surface area contributed by atoms with Gasteiger partial charge in [0, 0.05) is 43.6 Å². The zero-order chi connectivity index (χ0) is 25.6. The van der Waals surface area contributed by atoms with E-state index in [0.29, 0.717) is 43.2 Å². The number of carbonyl (C=O) groups excluding carboxylic acids is 2. The average molecular weight is 496 g/mol. The number of nitrogens with zero attached hydrogens (tertiary/aromatic N) is 4. The molecule has 5 rings (SSSR count). The van der Waals surface area contributed by atoms with Gasteiger partial charge in [0.05, 0.1) is 24.9 Å². The summed E-state index contributed by atoms with van der Waals surface area (Å²) >= 11 is 0. The number of hydrogen-bond donors (Lipinski definition) is 1. The van der Waals surface area contributed by atoms with Gasteiger partial charge in [0.2, 0.25) is 5.91 Å². The Morgan fingerprint density at radius 2 is 1.59 bits per heavy atom. The van der Waals surface area contributed by atoms with Crippen LogP contribution in [0.3, 0.4) is 0 Å². The van der Waals surface area contributed by atoms with Gasteiger partial charge in [0.1, 0.15) is 11.4 Å². The van der Waals surface area contributed by atoms with Crippen LogP contribution in [-0.2, 0) is 4.79 Å². The van der Waals surface area contributed by atoms with E-state index < -0.39 is 0 Å². The summed E-state index contributed by atoms with van der Waals surface area (Å²) in [4.78, 5) is 30.1. The molecule has 1 saturated heterocycles. The molecule has 1 aromatic heterocycles. The number of amides is 2. The first kappa shape index (κ1) is 24.3. The number of para-hydroxylation sites is 2. The summed E-state index contributed by atoms with van der Waals surface area (Å²) in [6, 6.07) is 26.7. The van der Waals surface area contributed by atoms with Crippen molar-refractivity contribution in [1.29, 1.82) is 0 Å².